The standard InChI is InChI=1S/C16H18N2O2S/c1-11-6-8-13(9-7-11)21(19,20)18-16-14-5-3-2-4-12(14)10-15(16)17/h2-9,15-16,18H,10,17H2,1H3/t15-,16+/m1/s1. The number of rotatable bonds is 3. The zero-order valence-corrected chi connectivity index (χ0v) is 12.6. The van der Waals surface area contributed by atoms with E-state index in [2.05, 4.69) is 4.72 Å². The molecule has 0 spiro atoms. The van der Waals surface area contributed by atoms with Crippen molar-refractivity contribution in [2.24, 2.45) is 5.73 Å². The molecule has 0 radical (unpaired) electrons. The van der Waals surface area contributed by atoms with Gasteiger partial charge in [0.05, 0.1) is 10.9 Å². The average Bonchev–Trinajstić information content (AvgIpc) is 2.75. The van der Waals surface area contributed by atoms with Crippen molar-refractivity contribution < 1.29 is 8.42 Å². The van der Waals surface area contributed by atoms with Crippen LogP contribution in [0.5, 0.6) is 0 Å². The van der Waals surface area contributed by atoms with E-state index in [9.17, 15) is 8.42 Å². The van der Waals surface area contributed by atoms with Gasteiger partial charge < -0.3 is 5.73 Å². The van der Waals surface area contributed by atoms with Crippen LogP contribution in [0.4, 0.5) is 0 Å². The number of aryl methyl sites for hydroxylation is 1. The Kier molecular flexibility index (Phi) is 3.57. The van der Waals surface area contributed by atoms with Gasteiger partial charge in [-0.1, -0.05) is 42.0 Å². The van der Waals surface area contributed by atoms with Crippen molar-refractivity contribution in [2.75, 3.05) is 0 Å². The zero-order valence-electron chi connectivity index (χ0n) is 11.8. The SMILES string of the molecule is Cc1ccc(S(=O)(=O)N[C@H]2c3ccccc3C[C@H]2N)cc1. The molecule has 2 aromatic carbocycles. The third kappa shape index (κ3) is 2.72. The van der Waals surface area contributed by atoms with Crippen LogP contribution in [-0.4, -0.2) is 14.5 Å². The summed E-state index contributed by atoms with van der Waals surface area (Å²) >= 11 is 0. The van der Waals surface area contributed by atoms with Crippen LogP contribution in [0.15, 0.2) is 53.4 Å². The van der Waals surface area contributed by atoms with Crippen molar-refractivity contribution in [1.29, 1.82) is 0 Å². The molecule has 1 aliphatic carbocycles. The van der Waals surface area contributed by atoms with Crippen LogP contribution in [0, 0.1) is 6.92 Å². The first-order valence-electron chi connectivity index (χ1n) is 6.90. The maximum absolute atomic E-state index is 12.5. The number of sulfonamides is 1. The Morgan fingerprint density at radius 2 is 1.76 bits per heavy atom. The van der Waals surface area contributed by atoms with Gasteiger partial charge in [0.1, 0.15) is 0 Å². The van der Waals surface area contributed by atoms with E-state index in [0.29, 0.717) is 6.42 Å². The molecule has 2 aromatic rings. The topological polar surface area (TPSA) is 72.2 Å². The van der Waals surface area contributed by atoms with Crippen molar-refractivity contribution in [3.63, 3.8) is 0 Å². The molecule has 0 bridgehead atoms. The Labute approximate surface area is 125 Å². The van der Waals surface area contributed by atoms with Gasteiger partial charge in [0.15, 0.2) is 0 Å². The molecule has 0 unspecified atom stereocenters. The number of hydrogen-bond acceptors (Lipinski definition) is 3. The minimum absolute atomic E-state index is 0.234. The lowest BCUT2D eigenvalue weighted by molar-refractivity contribution is 0.518. The second kappa shape index (κ2) is 5.26. The lowest BCUT2D eigenvalue weighted by Crippen LogP contribution is -2.38. The molecule has 0 aliphatic heterocycles. The molecule has 21 heavy (non-hydrogen) atoms. The largest absolute Gasteiger partial charge is 0.326 e. The number of fused-ring (bicyclic) bond motifs is 1. The van der Waals surface area contributed by atoms with Crippen LogP contribution in [0.2, 0.25) is 0 Å². The summed E-state index contributed by atoms with van der Waals surface area (Å²) in [5, 5.41) is 0. The Morgan fingerprint density at radius 1 is 1.10 bits per heavy atom. The smallest absolute Gasteiger partial charge is 0.241 e. The van der Waals surface area contributed by atoms with Crippen LogP contribution in [-0.2, 0) is 16.4 Å². The summed E-state index contributed by atoms with van der Waals surface area (Å²) in [6.45, 7) is 1.92. The van der Waals surface area contributed by atoms with Crippen molar-refractivity contribution >= 4 is 10.0 Å². The molecular weight excluding hydrogens is 284 g/mol. The third-order valence-electron chi connectivity index (χ3n) is 3.89. The van der Waals surface area contributed by atoms with E-state index in [1.807, 2.05) is 31.2 Å². The van der Waals surface area contributed by atoms with Crippen LogP contribution in [0.1, 0.15) is 22.7 Å². The molecule has 0 aromatic heterocycles. The van der Waals surface area contributed by atoms with Gasteiger partial charge in [-0.05, 0) is 36.6 Å². The van der Waals surface area contributed by atoms with Crippen molar-refractivity contribution in [3.8, 4) is 0 Å². The quantitative estimate of drug-likeness (QED) is 0.909. The summed E-state index contributed by atoms with van der Waals surface area (Å²) in [5.74, 6) is 0. The molecule has 0 saturated carbocycles. The van der Waals surface area contributed by atoms with E-state index in [4.69, 9.17) is 5.73 Å². The lowest BCUT2D eigenvalue weighted by Gasteiger charge is -2.18. The fraction of sp³-hybridized carbons (Fsp3) is 0.250. The predicted molar refractivity (Wildman–Crippen MR) is 82.4 cm³/mol. The normalized spacial score (nSPS) is 21.2. The molecule has 0 saturated heterocycles. The number of nitrogens with one attached hydrogen (secondary N) is 1. The summed E-state index contributed by atoms with van der Waals surface area (Å²) in [6, 6.07) is 14.0. The molecule has 2 atom stereocenters. The van der Waals surface area contributed by atoms with E-state index in [1.165, 1.54) is 0 Å². The first kappa shape index (κ1) is 14.3. The highest BCUT2D eigenvalue weighted by Crippen LogP contribution is 2.31. The lowest BCUT2D eigenvalue weighted by atomic mass is 10.1. The summed E-state index contributed by atoms with van der Waals surface area (Å²) in [7, 11) is -3.57. The first-order valence-corrected chi connectivity index (χ1v) is 8.38. The monoisotopic (exact) mass is 302 g/mol. The summed E-state index contributed by atoms with van der Waals surface area (Å²) < 4.78 is 27.7. The minimum Gasteiger partial charge on any atom is -0.326 e. The maximum atomic E-state index is 12.5. The van der Waals surface area contributed by atoms with Crippen molar-refractivity contribution in [2.45, 2.75) is 30.3 Å². The van der Waals surface area contributed by atoms with Gasteiger partial charge in [-0.15, -0.1) is 0 Å². The van der Waals surface area contributed by atoms with Crippen LogP contribution >= 0.6 is 0 Å². The molecule has 4 nitrogen and oxygen atoms in total. The van der Waals surface area contributed by atoms with E-state index in [-0.39, 0.29) is 17.0 Å². The molecule has 3 N–H and O–H groups in total. The fourth-order valence-electron chi connectivity index (χ4n) is 2.73. The van der Waals surface area contributed by atoms with Gasteiger partial charge in [-0.3, -0.25) is 0 Å². The second-order valence-electron chi connectivity index (χ2n) is 5.48. The number of nitrogens with two attached hydrogens (primary N) is 1. The predicted octanol–water partition coefficient (Wildman–Crippen LogP) is 1.90. The second-order valence-corrected chi connectivity index (χ2v) is 7.19. The molecule has 1 aliphatic rings. The summed E-state index contributed by atoms with van der Waals surface area (Å²) in [6.07, 6.45) is 0.692. The molecule has 3 rings (SSSR count). The number of benzene rings is 2. The van der Waals surface area contributed by atoms with Crippen LogP contribution < -0.4 is 10.5 Å². The van der Waals surface area contributed by atoms with Gasteiger partial charge in [-0.25, -0.2) is 13.1 Å². The number of hydrogen-bond donors (Lipinski definition) is 2. The zero-order chi connectivity index (χ0) is 15.0. The average molecular weight is 302 g/mol. The van der Waals surface area contributed by atoms with Gasteiger partial charge in [0.2, 0.25) is 10.0 Å². The third-order valence-corrected chi connectivity index (χ3v) is 5.34. The Morgan fingerprint density at radius 3 is 2.48 bits per heavy atom. The first-order chi connectivity index (χ1) is 9.97. The molecule has 0 heterocycles. The highest BCUT2D eigenvalue weighted by atomic mass is 32.2. The Hall–Kier alpha value is -1.69. The van der Waals surface area contributed by atoms with E-state index in [0.717, 1.165) is 16.7 Å². The Balaban J connectivity index is 1.91. The van der Waals surface area contributed by atoms with Crippen LogP contribution in [0.25, 0.3) is 0 Å². The van der Waals surface area contributed by atoms with Crippen molar-refractivity contribution in [3.05, 3.63) is 65.2 Å². The van der Waals surface area contributed by atoms with Gasteiger partial charge >= 0.3 is 0 Å². The summed E-state index contributed by atoms with van der Waals surface area (Å²) in [4.78, 5) is 0.268. The fourth-order valence-corrected chi connectivity index (χ4v) is 4.00. The molecule has 0 amide bonds. The van der Waals surface area contributed by atoms with Gasteiger partial charge in [0.25, 0.3) is 0 Å². The van der Waals surface area contributed by atoms with Crippen LogP contribution in [0.3, 0.4) is 0 Å². The maximum Gasteiger partial charge on any atom is 0.241 e. The minimum atomic E-state index is -3.57. The van der Waals surface area contributed by atoms with Crippen molar-refractivity contribution in [1.82, 2.24) is 4.72 Å². The van der Waals surface area contributed by atoms with E-state index < -0.39 is 10.0 Å². The summed E-state index contributed by atoms with van der Waals surface area (Å²) in [5.41, 5.74) is 9.22. The molecule has 5 heteroatoms. The Bertz CT molecular complexity index is 754. The van der Waals surface area contributed by atoms with E-state index >= 15 is 0 Å². The van der Waals surface area contributed by atoms with Gasteiger partial charge in [0, 0.05) is 6.04 Å². The molecular formula is C16H18N2O2S. The highest BCUT2D eigenvalue weighted by Gasteiger charge is 2.33. The highest BCUT2D eigenvalue weighted by molar-refractivity contribution is 7.89. The molecule has 0 fully saturated rings. The van der Waals surface area contributed by atoms with E-state index in [1.54, 1.807) is 24.3 Å². The molecule has 110 valence electrons. The van der Waals surface area contributed by atoms with Gasteiger partial charge in [-0.2, -0.15) is 0 Å².